The molecule has 2 saturated heterocycles. The van der Waals surface area contributed by atoms with Crippen molar-refractivity contribution in [3.05, 3.63) is 41.9 Å². The molecule has 2 atom stereocenters. The fourth-order valence-electron chi connectivity index (χ4n) is 3.43. The van der Waals surface area contributed by atoms with Crippen molar-refractivity contribution >= 4 is 21.6 Å². The smallest absolute Gasteiger partial charge is 0.311 e. The minimum absolute atomic E-state index is 0.0884. The highest BCUT2D eigenvalue weighted by Gasteiger charge is 2.38. The molecule has 0 aliphatic carbocycles. The molecule has 2 N–H and O–H groups in total. The first-order chi connectivity index (χ1) is 13.4. The topological polar surface area (TPSA) is 117 Å². The van der Waals surface area contributed by atoms with E-state index in [0.29, 0.717) is 13.1 Å². The molecule has 2 aliphatic heterocycles. The summed E-state index contributed by atoms with van der Waals surface area (Å²) in [6.45, 7) is 1.48. The molecule has 1 aromatic heterocycles. The molecule has 11 heteroatoms. The highest BCUT2D eigenvalue weighted by molar-refractivity contribution is 7.93. The van der Waals surface area contributed by atoms with E-state index in [2.05, 4.69) is 20.2 Å². The molecule has 2 aromatic rings. The van der Waals surface area contributed by atoms with Crippen LogP contribution >= 0.6 is 0 Å². The van der Waals surface area contributed by atoms with Crippen molar-refractivity contribution in [1.82, 2.24) is 20.4 Å². The Bertz CT molecular complexity index is 973. The standard InChI is InChI=1S/C17H20FN5O4S/c18-12-5-1-2-6-13(12)22-28(25,26)11-9-14(19-10-11)15-20-21-16(27-15)17(24)23-7-3-4-8-23/h1-2,5-6,11,14,19,22H,3-4,7-10H2. The number of hydrogen-bond donors (Lipinski definition) is 2. The molecule has 3 heterocycles. The second-order valence-electron chi connectivity index (χ2n) is 6.89. The number of halogens is 1. The number of anilines is 1. The summed E-state index contributed by atoms with van der Waals surface area (Å²) < 4.78 is 46.7. The number of hydrogen-bond acceptors (Lipinski definition) is 7. The number of aromatic nitrogens is 2. The van der Waals surface area contributed by atoms with Crippen LogP contribution in [0.1, 0.15) is 41.9 Å². The molecule has 2 unspecified atom stereocenters. The molecule has 28 heavy (non-hydrogen) atoms. The van der Waals surface area contributed by atoms with Gasteiger partial charge in [-0.05, 0) is 31.4 Å². The van der Waals surface area contributed by atoms with Crippen LogP contribution in [0.25, 0.3) is 0 Å². The number of para-hydroxylation sites is 1. The van der Waals surface area contributed by atoms with Crippen molar-refractivity contribution in [3.63, 3.8) is 0 Å². The predicted octanol–water partition coefficient (Wildman–Crippen LogP) is 1.29. The highest BCUT2D eigenvalue weighted by Crippen LogP contribution is 2.28. The van der Waals surface area contributed by atoms with E-state index in [4.69, 9.17) is 4.42 Å². The maximum Gasteiger partial charge on any atom is 0.311 e. The van der Waals surface area contributed by atoms with Crippen molar-refractivity contribution < 1.29 is 22.0 Å². The second-order valence-corrected chi connectivity index (χ2v) is 8.85. The number of sulfonamides is 1. The number of nitrogens with one attached hydrogen (secondary N) is 2. The Morgan fingerprint density at radius 3 is 2.75 bits per heavy atom. The van der Waals surface area contributed by atoms with Gasteiger partial charge in [-0.1, -0.05) is 12.1 Å². The number of amides is 1. The number of rotatable bonds is 5. The fourth-order valence-corrected chi connectivity index (χ4v) is 4.83. The van der Waals surface area contributed by atoms with Gasteiger partial charge < -0.3 is 14.6 Å². The van der Waals surface area contributed by atoms with Gasteiger partial charge in [-0.3, -0.25) is 9.52 Å². The average molecular weight is 409 g/mol. The summed E-state index contributed by atoms with van der Waals surface area (Å²) in [6, 6.07) is 5.09. The SMILES string of the molecule is O=C(c1nnc(C2CC(S(=O)(=O)Nc3ccccc3F)CN2)o1)N1CCCC1. The Hall–Kier alpha value is -2.53. The van der Waals surface area contributed by atoms with E-state index in [1.807, 2.05) is 0 Å². The van der Waals surface area contributed by atoms with Crippen LogP contribution in [0.3, 0.4) is 0 Å². The highest BCUT2D eigenvalue weighted by atomic mass is 32.2. The van der Waals surface area contributed by atoms with E-state index < -0.39 is 27.1 Å². The lowest BCUT2D eigenvalue weighted by molar-refractivity contribution is 0.0750. The predicted molar refractivity (Wildman–Crippen MR) is 97.5 cm³/mol. The van der Waals surface area contributed by atoms with Crippen LogP contribution in [0.5, 0.6) is 0 Å². The van der Waals surface area contributed by atoms with Crippen molar-refractivity contribution in [3.8, 4) is 0 Å². The van der Waals surface area contributed by atoms with Gasteiger partial charge in [0.25, 0.3) is 0 Å². The van der Waals surface area contributed by atoms with Crippen LogP contribution in [0, 0.1) is 5.82 Å². The Morgan fingerprint density at radius 1 is 1.25 bits per heavy atom. The maximum atomic E-state index is 13.7. The summed E-state index contributed by atoms with van der Waals surface area (Å²) >= 11 is 0. The van der Waals surface area contributed by atoms with E-state index in [0.717, 1.165) is 12.8 Å². The summed E-state index contributed by atoms with van der Waals surface area (Å²) in [4.78, 5) is 14.0. The van der Waals surface area contributed by atoms with E-state index in [-0.39, 0.29) is 36.3 Å². The molecular formula is C17H20FN5O4S. The summed E-state index contributed by atoms with van der Waals surface area (Å²) in [6.07, 6.45) is 2.07. The molecule has 1 aromatic carbocycles. The van der Waals surface area contributed by atoms with Crippen LogP contribution in [0.2, 0.25) is 0 Å². The first-order valence-electron chi connectivity index (χ1n) is 9.06. The lowest BCUT2D eigenvalue weighted by Gasteiger charge is -2.13. The fraction of sp³-hybridized carbons (Fsp3) is 0.471. The van der Waals surface area contributed by atoms with Crippen molar-refractivity contribution in [2.45, 2.75) is 30.6 Å². The van der Waals surface area contributed by atoms with Crippen molar-refractivity contribution in [2.75, 3.05) is 24.4 Å². The third-order valence-electron chi connectivity index (χ3n) is 4.97. The molecule has 2 aliphatic rings. The maximum absolute atomic E-state index is 13.7. The number of likely N-dealkylation sites (tertiary alicyclic amines) is 1. The summed E-state index contributed by atoms with van der Waals surface area (Å²) in [5, 5.41) is 9.93. The molecule has 1 amide bonds. The van der Waals surface area contributed by atoms with Crippen LogP contribution in [-0.2, 0) is 10.0 Å². The Balaban J connectivity index is 1.42. The van der Waals surface area contributed by atoms with Gasteiger partial charge in [0.2, 0.25) is 15.9 Å². The van der Waals surface area contributed by atoms with Crippen LogP contribution in [-0.4, -0.2) is 54.3 Å². The molecule has 0 radical (unpaired) electrons. The van der Waals surface area contributed by atoms with Crippen molar-refractivity contribution in [1.29, 1.82) is 0 Å². The van der Waals surface area contributed by atoms with Gasteiger partial charge in [0, 0.05) is 19.6 Å². The molecule has 2 fully saturated rings. The van der Waals surface area contributed by atoms with E-state index >= 15 is 0 Å². The number of nitrogens with zero attached hydrogens (tertiary/aromatic N) is 3. The van der Waals surface area contributed by atoms with Gasteiger partial charge in [-0.2, -0.15) is 0 Å². The number of carbonyl (C=O) groups is 1. The molecule has 9 nitrogen and oxygen atoms in total. The molecule has 0 bridgehead atoms. The molecule has 4 rings (SSSR count). The van der Waals surface area contributed by atoms with Gasteiger partial charge in [-0.15, -0.1) is 10.2 Å². The zero-order valence-electron chi connectivity index (χ0n) is 15.0. The minimum Gasteiger partial charge on any atom is -0.415 e. The third kappa shape index (κ3) is 3.72. The van der Waals surface area contributed by atoms with E-state index in [9.17, 15) is 17.6 Å². The lowest BCUT2D eigenvalue weighted by atomic mass is 10.2. The van der Waals surface area contributed by atoms with Crippen molar-refractivity contribution in [2.24, 2.45) is 0 Å². The second kappa shape index (κ2) is 7.47. The first-order valence-corrected chi connectivity index (χ1v) is 10.6. The molecule has 150 valence electrons. The Morgan fingerprint density at radius 2 is 2.00 bits per heavy atom. The summed E-state index contributed by atoms with van der Waals surface area (Å²) in [5.74, 6) is -0.865. The van der Waals surface area contributed by atoms with Gasteiger partial charge >= 0.3 is 11.8 Å². The van der Waals surface area contributed by atoms with Crippen LogP contribution in [0.15, 0.2) is 28.7 Å². The Kier molecular flexibility index (Phi) is 5.02. The average Bonchev–Trinajstić information content (AvgIpc) is 3.42. The third-order valence-corrected chi connectivity index (χ3v) is 6.71. The normalized spacial score (nSPS) is 22.5. The molecular weight excluding hydrogens is 389 g/mol. The van der Waals surface area contributed by atoms with Gasteiger partial charge in [-0.25, -0.2) is 12.8 Å². The number of carbonyl (C=O) groups excluding carboxylic acids is 1. The minimum atomic E-state index is -3.82. The van der Waals surface area contributed by atoms with Crippen LogP contribution < -0.4 is 10.0 Å². The molecule has 0 saturated carbocycles. The van der Waals surface area contributed by atoms with Gasteiger partial charge in [0.1, 0.15) is 5.82 Å². The molecule has 0 spiro atoms. The number of benzene rings is 1. The quantitative estimate of drug-likeness (QED) is 0.764. The van der Waals surface area contributed by atoms with E-state index in [1.165, 1.54) is 18.2 Å². The lowest BCUT2D eigenvalue weighted by Crippen LogP contribution is -2.29. The summed E-state index contributed by atoms with van der Waals surface area (Å²) in [7, 11) is -3.82. The Labute approximate surface area is 161 Å². The zero-order chi connectivity index (χ0) is 19.7. The van der Waals surface area contributed by atoms with Gasteiger partial charge in [0.05, 0.1) is 17.0 Å². The first kappa shape index (κ1) is 18.8. The zero-order valence-corrected chi connectivity index (χ0v) is 15.8. The monoisotopic (exact) mass is 409 g/mol. The van der Waals surface area contributed by atoms with E-state index in [1.54, 1.807) is 11.0 Å². The summed E-state index contributed by atoms with van der Waals surface area (Å²) in [5.41, 5.74) is -0.0952. The van der Waals surface area contributed by atoms with Gasteiger partial charge in [0.15, 0.2) is 0 Å². The van der Waals surface area contributed by atoms with Crippen LogP contribution in [0.4, 0.5) is 10.1 Å². The largest absolute Gasteiger partial charge is 0.415 e.